The van der Waals surface area contributed by atoms with E-state index < -0.39 is 0 Å². The van der Waals surface area contributed by atoms with E-state index in [0.717, 1.165) is 17.4 Å². The van der Waals surface area contributed by atoms with Crippen LogP contribution in [0.1, 0.15) is 82.4 Å². The van der Waals surface area contributed by atoms with Crippen molar-refractivity contribution in [1.29, 1.82) is 0 Å². The predicted molar refractivity (Wildman–Crippen MR) is 118 cm³/mol. The summed E-state index contributed by atoms with van der Waals surface area (Å²) in [5.41, 5.74) is 4.40. The predicted octanol–water partition coefficient (Wildman–Crippen LogP) is 7.75. The number of benzene rings is 1. The first kappa shape index (κ1) is 24.9. The molecule has 0 amide bonds. The molecule has 2 heteroatoms. The molecule has 1 aliphatic carbocycles. The van der Waals surface area contributed by atoms with Crippen molar-refractivity contribution in [3.8, 4) is 0 Å². The highest BCUT2D eigenvalue weighted by molar-refractivity contribution is 5.63. The lowest BCUT2D eigenvalue weighted by Gasteiger charge is -2.30. The van der Waals surface area contributed by atoms with Crippen LogP contribution in [0.25, 0.3) is 5.57 Å². The van der Waals surface area contributed by atoms with Crippen molar-refractivity contribution in [2.45, 2.75) is 73.6 Å². The van der Waals surface area contributed by atoms with Gasteiger partial charge in [0, 0.05) is 0 Å². The minimum absolute atomic E-state index is 0. The number of furan rings is 1. The second kappa shape index (κ2) is 13.1. The third-order valence-electron chi connectivity index (χ3n) is 5.13. The van der Waals surface area contributed by atoms with E-state index in [9.17, 15) is 0 Å². The molecule has 1 aromatic heterocycles. The molecule has 150 valence electrons. The van der Waals surface area contributed by atoms with Crippen LogP contribution in [-0.4, -0.2) is 6.79 Å². The van der Waals surface area contributed by atoms with Crippen molar-refractivity contribution in [2.24, 2.45) is 5.92 Å². The van der Waals surface area contributed by atoms with E-state index in [1.54, 1.807) is 5.56 Å². The van der Waals surface area contributed by atoms with E-state index in [2.05, 4.69) is 56.3 Å². The van der Waals surface area contributed by atoms with Crippen LogP contribution in [0.15, 0.2) is 46.9 Å². The van der Waals surface area contributed by atoms with E-state index in [1.165, 1.54) is 36.8 Å². The molecular weight excluding hydrogens is 332 g/mol. The lowest BCUT2D eigenvalue weighted by molar-refractivity contribution is -0.0979. The fraction of sp³-hybridized carbons (Fsp3) is 0.480. The Morgan fingerprint density at radius 1 is 1.00 bits per heavy atom. The van der Waals surface area contributed by atoms with Gasteiger partial charge in [-0.15, -0.1) is 0 Å². The third kappa shape index (κ3) is 6.53. The SMILES string of the molecule is C.C/C=C(/c1ccc(C)o1)C1CCC(c2ccccc2C)CC1.C=O.CC. The molecule has 1 heterocycles. The van der Waals surface area contributed by atoms with Crippen LogP contribution in [0.4, 0.5) is 0 Å². The van der Waals surface area contributed by atoms with E-state index in [0.29, 0.717) is 5.92 Å². The van der Waals surface area contributed by atoms with E-state index in [-0.39, 0.29) is 7.43 Å². The molecule has 0 saturated heterocycles. The van der Waals surface area contributed by atoms with Gasteiger partial charge in [0.15, 0.2) is 0 Å². The van der Waals surface area contributed by atoms with Gasteiger partial charge in [-0.25, -0.2) is 0 Å². The average Bonchev–Trinajstić information content (AvgIpc) is 3.13. The van der Waals surface area contributed by atoms with Gasteiger partial charge in [0.1, 0.15) is 18.3 Å². The maximum atomic E-state index is 8.00. The lowest BCUT2D eigenvalue weighted by atomic mass is 9.74. The highest BCUT2D eigenvalue weighted by Gasteiger charge is 2.26. The summed E-state index contributed by atoms with van der Waals surface area (Å²) in [6, 6.07) is 13.1. The average molecular weight is 371 g/mol. The van der Waals surface area contributed by atoms with Gasteiger partial charge < -0.3 is 9.21 Å². The Kier molecular flexibility index (Phi) is 12.1. The van der Waals surface area contributed by atoms with Crippen molar-refractivity contribution < 1.29 is 9.21 Å². The Morgan fingerprint density at radius 2 is 1.59 bits per heavy atom. The molecule has 0 unspecified atom stereocenters. The molecule has 1 aliphatic rings. The smallest absolute Gasteiger partial charge is 0.130 e. The number of hydrogen-bond donors (Lipinski definition) is 0. The van der Waals surface area contributed by atoms with Gasteiger partial charge in [0.2, 0.25) is 0 Å². The second-order valence-corrected chi connectivity index (χ2v) is 6.56. The molecule has 0 radical (unpaired) electrons. The fourth-order valence-electron chi connectivity index (χ4n) is 3.93. The van der Waals surface area contributed by atoms with Gasteiger partial charge in [-0.2, -0.15) is 0 Å². The van der Waals surface area contributed by atoms with Gasteiger partial charge >= 0.3 is 0 Å². The van der Waals surface area contributed by atoms with Crippen LogP contribution in [0.5, 0.6) is 0 Å². The molecule has 0 N–H and O–H groups in total. The molecule has 2 aromatic rings. The molecular formula is C25H38O2. The monoisotopic (exact) mass is 370 g/mol. The normalized spacial score (nSPS) is 18.9. The number of carbonyl (C=O) groups excluding carboxylic acids is 1. The van der Waals surface area contributed by atoms with Crippen molar-refractivity contribution in [1.82, 2.24) is 0 Å². The molecule has 27 heavy (non-hydrogen) atoms. The highest BCUT2D eigenvalue weighted by Crippen LogP contribution is 2.42. The Morgan fingerprint density at radius 3 is 2.07 bits per heavy atom. The zero-order valence-electron chi connectivity index (χ0n) is 17.0. The molecule has 3 rings (SSSR count). The van der Waals surface area contributed by atoms with E-state index >= 15 is 0 Å². The molecule has 0 spiro atoms. The van der Waals surface area contributed by atoms with Gasteiger partial charge in [-0.05, 0) is 87.1 Å². The van der Waals surface area contributed by atoms with Crippen LogP contribution < -0.4 is 0 Å². The van der Waals surface area contributed by atoms with Crippen molar-refractivity contribution in [3.63, 3.8) is 0 Å². The summed E-state index contributed by atoms with van der Waals surface area (Å²) in [7, 11) is 0. The number of allylic oxidation sites excluding steroid dienone is 2. The molecule has 1 aromatic carbocycles. The maximum absolute atomic E-state index is 8.00. The standard InChI is InChI=1S/C21H26O.C2H6.CH2O.CH4/c1-4-19(21-14-9-16(3)22-21)17-10-12-18(13-11-17)20-8-6-5-7-15(20)2;2*1-2;/h4-9,14,17-18H,10-13H2,1-3H3;1-2H3;1H2;1H4/b19-4+;;;. The van der Waals surface area contributed by atoms with Crippen LogP contribution in [0.2, 0.25) is 0 Å². The summed E-state index contributed by atoms with van der Waals surface area (Å²) in [4.78, 5) is 8.00. The molecule has 2 nitrogen and oxygen atoms in total. The molecule has 1 saturated carbocycles. The summed E-state index contributed by atoms with van der Waals surface area (Å²) in [5.74, 6) is 3.45. The topological polar surface area (TPSA) is 30.2 Å². The fourth-order valence-corrected chi connectivity index (χ4v) is 3.93. The Balaban J connectivity index is 0.00000127. The van der Waals surface area contributed by atoms with Crippen LogP contribution in [-0.2, 0) is 4.79 Å². The van der Waals surface area contributed by atoms with Crippen LogP contribution in [0.3, 0.4) is 0 Å². The van der Waals surface area contributed by atoms with Gasteiger partial charge in [-0.3, -0.25) is 0 Å². The summed E-state index contributed by atoms with van der Waals surface area (Å²) >= 11 is 0. The zero-order chi connectivity index (χ0) is 19.5. The summed E-state index contributed by atoms with van der Waals surface area (Å²) in [5, 5.41) is 0. The first-order chi connectivity index (χ1) is 12.7. The molecule has 0 atom stereocenters. The highest BCUT2D eigenvalue weighted by atomic mass is 16.3. The third-order valence-corrected chi connectivity index (χ3v) is 5.13. The van der Waals surface area contributed by atoms with E-state index in [4.69, 9.17) is 9.21 Å². The zero-order valence-corrected chi connectivity index (χ0v) is 17.0. The lowest BCUT2D eigenvalue weighted by Crippen LogP contribution is -2.15. The first-order valence-electron chi connectivity index (χ1n) is 9.76. The maximum Gasteiger partial charge on any atom is 0.130 e. The minimum Gasteiger partial charge on any atom is -0.462 e. The van der Waals surface area contributed by atoms with Crippen molar-refractivity contribution in [3.05, 3.63) is 65.1 Å². The summed E-state index contributed by atoms with van der Waals surface area (Å²) in [6.45, 7) is 12.4. The van der Waals surface area contributed by atoms with Crippen molar-refractivity contribution in [2.75, 3.05) is 0 Å². The molecule has 1 fully saturated rings. The number of hydrogen-bond acceptors (Lipinski definition) is 2. The second-order valence-electron chi connectivity index (χ2n) is 6.56. The number of rotatable bonds is 3. The van der Waals surface area contributed by atoms with Gasteiger partial charge in [0.05, 0.1) is 0 Å². The number of aryl methyl sites for hydroxylation is 2. The quantitative estimate of drug-likeness (QED) is 0.553. The Labute approximate surface area is 166 Å². The van der Waals surface area contributed by atoms with Gasteiger partial charge in [0.25, 0.3) is 0 Å². The van der Waals surface area contributed by atoms with Crippen molar-refractivity contribution >= 4 is 12.4 Å². The first-order valence-corrected chi connectivity index (χ1v) is 9.76. The Bertz CT molecular complexity index is 673. The van der Waals surface area contributed by atoms with Crippen LogP contribution >= 0.6 is 0 Å². The minimum atomic E-state index is 0. The van der Waals surface area contributed by atoms with Crippen LogP contribution in [0, 0.1) is 19.8 Å². The molecule has 0 aliphatic heterocycles. The largest absolute Gasteiger partial charge is 0.462 e. The van der Waals surface area contributed by atoms with E-state index in [1.807, 2.05) is 27.6 Å². The summed E-state index contributed by atoms with van der Waals surface area (Å²) in [6.07, 6.45) is 7.34. The molecule has 0 bridgehead atoms. The Hall–Kier alpha value is -2.09. The summed E-state index contributed by atoms with van der Waals surface area (Å²) < 4.78 is 5.85. The van der Waals surface area contributed by atoms with Gasteiger partial charge in [-0.1, -0.05) is 51.6 Å². The number of carbonyl (C=O) groups is 1.